The largest absolute Gasteiger partial charge is 0.481 e. The van der Waals surface area contributed by atoms with Gasteiger partial charge in [-0.2, -0.15) is 0 Å². The first kappa shape index (κ1) is 12.3. The van der Waals surface area contributed by atoms with Gasteiger partial charge in [-0.05, 0) is 0 Å². The molecule has 1 amide bonds. The molecule has 2 heterocycles. The lowest BCUT2D eigenvalue weighted by molar-refractivity contribution is -0.152. The molecule has 0 saturated carbocycles. The van der Waals surface area contributed by atoms with Gasteiger partial charge in [0.25, 0.3) is 0 Å². The molecule has 0 radical (unpaired) electrons. The summed E-state index contributed by atoms with van der Waals surface area (Å²) in [7, 11) is 0. The van der Waals surface area contributed by atoms with Gasteiger partial charge in [0.2, 0.25) is 5.91 Å². The molecule has 2 rings (SSSR count). The standard InChI is InChI=1S/C11H18N2O4/c1-7(11(15)16)8-4-13(5-8)10(14)9-6-17-3-2-12-9/h7-9,12H,2-6H2,1H3,(H,15,16). The summed E-state index contributed by atoms with van der Waals surface area (Å²) >= 11 is 0. The number of ether oxygens (including phenoxy) is 1. The monoisotopic (exact) mass is 242 g/mol. The molecule has 2 saturated heterocycles. The average Bonchev–Trinajstić information content (AvgIpc) is 2.27. The Balaban J connectivity index is 1.78. The molecule has 0 aromatic carbocycles. The van der Waals surface area contributed by atoms with Crippen LogP contribution in [-0.2, 0) is 14.3 Å². The second-order valence-electron chi connectivity index (χ2n) is 4.71. The molecule has 0 aliphatic carbocycles. The van der Waals surface area contributed by atoms with Crippen LogP contribution in [-0.4, -0.2) is 60.8 Å². The number of rotatable bonds is 3. The molecule has 0 spiro atoms. The van der Waals surface area contributed by atoms with Crippen LogP contribution in [0.5, 0.6) is 0 Å². The number of carbonyl (C=O) groups excluding carboxylic acids is 1. The van der Waals surface area contributed by atoms with Crippen molar-refractivity contribution in [3.63, 3.8) is 0 Å². The predicted molar refractivity (Wildman–Crippen MR) is 59.5 cm³/mol. The number of aliphatic carboxylic acids is 1. The van der Waals surface area contributed by atoms with Gasteiger partial charge in [0.05, 0.1) is 19.1 Å². The first-order valence-corrected chi connectivity index (χ1v) is 5.92. The normalized spacial score (nSPS) is 27.4. The van der Waals surface area contributed by atoms with Crippen molar-refractivity contribution in [3.05, 3.63) is 0 Å². The molecule has 2 aliphatic rings. The summed E-state index contributed by atoms with van der Waals surface area (Å²) in [6, 6.07) is -0.259. The van der Waals surface area contributed by atoms with E-state index in [-0.39, 0.29) is 23.8 Å². The van der Waals surface area contributed by atoms with Crippen LogP contribution in [0.15, 0.2) is 0 Å². The first-order chi connectivity index (χ1) is 8.09. The molecule has 96 valence electrons. The lowest BCUT2D eigenvalue weighted by atomic mass is 9.86. The van der Waals surface area contributed by atoms with Crippen molar-refractivity contribution in [2.45, 2.75) is 13.0 Å². The van der Waals surface area contributed by atoms with E-state index in [1.807, 2.05) is 0 Å². The van der Waals surface area contributed by atoms with Crippen molar-refractivity contribution in [2.75, 3.05) is 32.8 Å². The van der Waals surface area contributed by atoms with E-state index in [0.717, 1.165) is 0 Å². The van der Waals surface area contributed by atoms with Crippen LogP contribution in [0.25, 0.3) is 0 Å². The Labute approximate surface area is 99.9 Å². The second kappa shape index (κ2) is 5.01. The average molecular weight is 242 g/mol. The van der Waals surface area contributed by atoms with Crippen LogP contribution >= 0.6 is 0 Å². The second-order valence-corrected chi connectivity index (χ2v) is 4.71. The first-order valence-electron chi connectivity index (χ1n) is 5.92. The van der Waals surface area contributed by atoms with E-state index >= 15 is 0 Å². The van der Waals surface area contributed by atoms with Crippen LogP contribution < -0.4 is 5.32 Å². The molecule has 2 aliphatic heterocycles. The summed E-state index contributed by atoms with van der Waals surface area (Å²) in [5.41, 5.74) is 0. The zero-order chi connectivity index (χ0) is 12.4. The fraction of sp³-hybridized carbons (Fsp3) is 0.818. The molecule has 0 bridgehead atoms. The molecule has 2 N–H and O–H groups in total. The molecule has 6 nitrogen and oxygen atoms in total. The van der Waals surface area contributed by atoms with E-state index in [9.17, 15) is 9.59 Å². The highest BCUT2D eigenvalue weighted by Crippen LogP contribution is 2.24. The molecule has 2 fully saturated rings. The third-order valence-corrected chi connectivity index (χ3v) is 3.54. The van der Waals surface area contributed by atoms with Crippen molar-refractivity contribution in [1.29, 1.82) is 0 Å². The Morgan fingerprint density at radius 2 is 2.18 bits per heavy atom. The maximum Gasteiger partial charge on any atom is 0.306 e. The smallest absolute Gasteiger partial charge is 0.306 e. The third-order valence-electron chi connectivity index (χ3n) is 3.54. The lowest BCUT2D eigenvalue weighted by Gasteiger charge is -2.43. The van der Waals surface area contributed by atoms with Crippen LogP contribution in [0.2, 0.25) is 0 Å². The fourth-order valence-electron chi connectivity index (χ4n) is 2.15. The number of amides is 1. The lowest BCUT2D eigenvalue weighted by Crippen LogP contribution is -2.60. The molecule has 2 unspecified atom stereocenters. The molecule has 0 aromatic rings. The maximum absolute atomic E-state index is 12.0. The number of hydrogen-bond acceptors (Lipinski definition) is 4. The van der Waals surface area contributed by atoms with Gasteiger partial charge < -0.3 is 20.1 Å². The molecule has 17 heavy (non-hydrogen) atoms. The van der Waals surface area contributed by atoms with E-state index in [2.05, 4.69) is 5.32 Å². The molecular weight excluding hydrogens is 224 g/mol. The topological polar surface area (TPSA) is 78.9 Å². The Bertz CT molecular complexity index is 309. The minimum Gasteiger partial charge on any atom is -0.481 e. The predicted octanol–water partition coefficient (Wildman–Crippen LogP) is -0.846. The quantitative estimate of drug-likeness (QED) is 0.674. The van der Waals surface area contributed by atoms with Crippen LogP contribution in [0, 0.1) is 11.8 Å². The van der Waals surface area contributed by atoms with E-state index in [4.69, 9.17) is 9.84 Å². The Morgan fingerprint density at radius 1 is 1.47 bits per heavy atom. The Kier molecular flexibility index (Phi) is 3.63. The number of carboxylic acids is 1. The van der Waals surface area contributed by atoms with Crippen LogP contribution in [0.1, 0.15) is 6.92 Å². The van der Waals surface area contributed by atoms with Crippen molar-refractivity contribution in [3.8, 4) is 0 Å². The van der Waals surface area contributed by atoms with Gasteiger partial charge in [-0.3, -0.25) is 9.59 Å². The highest BCUT2D eigenvalue weighted by Gasteiger charge is 2.39. The zero-order valence-corrected chi connectivity index (χ0v) is 9.89. The van der Waals surface area contributed by atoms with E-state index in [1.165, 1.54) is 0 Å². The van der Waals surface area contributed by atoms with E-state index < -0.39 is 5.97 Å². The van der Waals surface area contributed by atoms with Crippen LogP contribution in [0.4, 0.5) is 0 Å². The Morgan fingerprint density at radius 3 is 2.71 bits per heavy atom. The minimum atomic E-state index is -0.791. The van der Waals surface area contributed by atoms with Gasteiger partial charge >= 0.3 is 5.97 Å². The summed E-state index contributed by atoms with van der Waals surface area (Å²) < 4.78 is 5.23. The fourth-order valence-corrected chi connectivity index (χ4v) is 2.15. The van der Waals surface area contributed by atoms with Gasteiger partial charge in [0, 0.05) is 25.6 Å². The number of hydrogen-bond donors (Lipinski definition) is 2. The Hall–Kier alpha value is -1.14. The number of nitrogens with one attached hydrogen (secondary N) is 1. The number of carboxylic acid groups (broad SMARTS) is 1. The van der Waals surface area contributed by atoms with Gasteiger partial charge in [-0.15, -0.1) is 0 Å². The van der Waals surface area contributed by atoms with Crippen molar-refractivity contribution >= 4 is 11.9 Å². The summed E-state index contributed by atoms with van der Waals surface area (Å²) in [6.07, 6.45) is 0. The van der Waals surface area contributed by atoms with Crippen molar-refractivity contribution in [2.24, 2.45) is 11.8 Å². The highest BCUT2D eigenvalue weighted by molar-refractivity contribution is 5.83. The van der Waals surface area contributed by atoms with E-state index in [0.29, 0.717) is 32.8 Å². The zero-order valence-electron chi connectivity index (χ0n) is 9.89. The molecule has 0 aromatic heterocycles. The SMILES string of the molecule is CC(C(=O)O)C1CN(C(=O)C2COCCN2)C1. The third kappa shape index (κ3) is 2.58. The summed E-state index contributed by atoms with van der Waals surface area (Å²) in [6.45, 7) is 4.53. The number of morpholine rings is 1. The number of carbonyl (C=O) groups is 2. The summed E-state index contributed by atoms with van der Waals surface area (Å²) in [5, 5.41) is 12.0. The molecule has 6 heteroatoms. The van der Waals surface area contributed by atoms with Crippen LogP contribution in [0.3, 0.4) is 0 Å². The number of nitrogens with zero attached hydrogens (tertiary/aromatic N) is 1. The molecule has 2 atom stereocenters. The molecular formula is C11H18N2O4. The summed E-state index contributed by atoms with van der Waals surface area (Å²) in [5.74, 6) is -1.06. The summed E-state index contributed by atoms with van der Waals surface area (Å²) in [4.78, 5) is 24.4. The minimum absolute atomic E-state index is 0.0264. The van der Waals surface area contributed by atoms with Gasteiger partial charge in [0.15, 0.2) is 0 Å². The van der Waals surface area contributed by atoms with Crippen molar-refractivity contribution < 1.29 is 19.4 Å². The van der Waals surface area contributed by atoms with Crippen molar-refractivity contribution in [1.82, 2.24) is 10.2 Å². The van der Waals surface area contributed by atoms with Gasteiger partial charge in [-0.25, -0.2) is 0 Å². The van der Waals surface area contributed by atoms with Gasteiger partial charge in [-0.1, -0.05) is 6.92 Å². The van der Waals surface area contributed by atoms with Gasteiger partial charge in [0.1, 0.15) is 6.04 Å². The van der Waals surface area contributed by atoms with E-state index in [1.54, 1.807) is 11.8 Å². The number of likely N-dealkylation sites (tertiary alicyclic amines) is 1. The maximum atomic E-state index is 12.0. The highest BCUT2D eigenvalue weighted by atomic mass is 16.5.